The van der Waals surface area contributed by atoms with Gasteiger partial charge in [0.15, 0.2) is 0 Å². The van der Waals surface area contributed by atoms with Crippen molar-refractivity contribution in [1.82, 2.24) is 10.2 Å². The summed E-state index contributed by atoms with van der Waals surface area (Å²) in [6.45, 7) is 6.95. The third kappa shape index (κ3) is 7.00. The summed E-state index contributed by atoms with van der Waals surface area (Å²) in [6.07, 6.45) is 3.08. The maximum absolute atomic E-state index is 11.3. The van der Waals surface area contributed by atoms with E-state index in [0.29, 0.717) is 19.8 Å². The van der Waals surface area contributed by atoms with Crippen LogP contribution in [-0.2, 0) is 24.3 Å². The highest BCUT2D eigenvalue weighted by Crippen LogP contribution is 2.42. The van der Waals surface area contributed by atoms with E-state index < -0.39 is 0 Å². The Morgan fingerprint density at radius 3 is 2.44 bits per heavy atom. The van der Waals surface area contributed by atoms with E-state index in [1.165, 1.54) is 63.1 Å². The molecule has 2 fully saturated rings. The van der Waals surface area contributed by atoms with Gasteiger partial charge in [0, 0.05) is 16.1 Å². The van der Waals surface area contributed by atoms with Crippen LogP contribution in [0, 0.1) is 6.92 Å². The average molecular weight is 619 g/mol. The molecule has 7 rings (SSSR count). The van der Waals surface area contributed by atoms with Crippen molar-refractivity contribution in [3.05, 3.63) is 119 Å². The molecule has 2 aliphatic rings. The summed E-state index contributed by atoms with van der Waals surface area (Å²) in [5.41, 5.74) is 7.75. The molecule has 0 saturated carbocycles. The number of thiophene rings is 1. The van der Waals surface area contributed by atoms with Gasteiger partial charge in [0.25, 0.3) is 0 Å². The van der Waals surface area contributed by atoms with Crippen LogP contribution in [0.5, 0.6) is 11.5 Å². The largest absolute Gasteiger partial charge is 0.491 e. The number of likely N-dealkylation sites (tertiary alicyclic amines) is 1. The molecule has 6 nitrogen and oxygen atoms in total. The van der Waals surface area contributed by atoms with Crippen LogP contribution in [0.2, 0.25) is 0 Å². The number of nitrogens with one attached hydrogen (secondary N) is 1. The molecule has 1 aromatic heterocycles. The Morgan fingerprint density at radius 1 is 0.889 bits per heavy atom. The number of hydrogen-bond acceptors (Lipinski definition) is 6. The molecule has 0 bridgehead atoms. The first-order valence-electron chi connectivity index (χ1n) is 15.8. The van der Waals surface area contributed by atoms with Crippen LogP contribution in [0.15, 0.2) is 91.0 Å². The number of hydrogen-bond donors (Lipinski definition) is 1. The highest BCUT2D eigenvalue weighted by Gasteiger charge is 2.23. The molecule has 45 heavy (non-hydrogen) atoms. The van der Waals surface area contributed by atoms with Crippen LogP contribution in [0.25, 0.3) is 20.5 Å². The summed E-state index contributed by atoms with van der Waals surface area (Å²) in [6, 6.07) is 31.9. The molecular weight excluding hydrogens is 580 g/mol. The monoisotopic (exact) mass is 618 g/mol. The van der Waals surface area contributed by atoms with E-state index in [2.05, 4.69) is 77.8 Å². The summed E-state index contributed by atoms with van der Waals surface area (Å²) in [5.74, 6) is 1.64. The molecule has 0 radical (unpaired) electrons. The van der Waals surface area contributed by atoms with Gasteiger partial charge in [-0.3, -0.25) is 4.90 Å². The number of rotatable bonds is 11. The Kier molecular flexibility index (Phi) is 8.71. The van der Waals surface area contributed by atoms with E-state index in [4.69, 9.17) is 14.2 Å². The zero-order valence-corrected chi connectivity index (χ0v) is 26.4. The lowest BCUT2D eigenvalue weighted by atomic mass is 9.96. The lowest BCUT2D eigenvalue weighted by Crippen LogP contribution is -2.32. The van der Waals surface area contributed by atoms with Crippen molar-refractivity contribution in [3.63, 3.8) is 0 Å². The van der Waals surface area contributed by atoms with Crippen LogP contribution in [0.4, 0.5) is 4.79 Å². The Morgan fingerprint density at radius 2 is 1.69 bits per heavy atom. The number of aryl methyl sites for hydroxylation is 1. The van der Waals surface area contributed by atoms with Gasteiger partial charge in [-0.15, -0.1) is 11.3 Å². The summed E-state index contributed by atoms with van der Waals surface area (Å²) in [7, 11) is 0. The lowest BCUT2D eigenvalue weighted by Gasteiger charge is -2.17. The van der Waals surface area contributed by atoms with Crippen molar-refractivity contribution in [3.8, 4) is 21.9 Å². The summed E-state index contributed by atoms with van der Waals surface area (Å²) < 4.78 is 18.3. The molecule has 1 N–H and O–H groups in total. The molecule has 2 aliphatic heterocycles. The number of fused-ring (bicyclic) bond motifs is 1. The van der Waals surface area contributed by atoms with Crippen LogP contribution in [0.1, 0.15) is 40.7 Å². The Hall–Kier alpha value is -4.33. The van der Waals surface area contributed by atoms with E-state index in [-0.39, 0.29) is 12.1 Å². The van der Waals surface area contributed by atoms with Crippen LogP contribution in [0.3, 0.4) is 0 Å². The third-order valence-corrected chi connectivity index (χ3v) is 9.94. The number of alkyl carbamates (subject to hydrolysis) is 1. The zero-order valence-electron chi connectivity index (χ0n) is 25.6. The number of carbonyl (C=O) groups is 1. The molecule has 230 valence electrons. The van der Waals surface area contributed by atoms with Gasteiger partial charge in [-0.1, -0.05) is 48.5 Å². The molecule has 7 heteroatoms. The van der Waals surface area contributed by atoms with E-state index in [1.54, 1.807) is 0 Å². The third-order valence-electron chi connectivity index (χ3n) is 8.70. The summed E-state index contributed by atoms with van der Waals surface area (Å²) in [4.78, 5) is 15.2. The number of benzene rings is 4. The average Bonchev–Trinajstić information content (AvgIpc) is 3.82. The molecular formula is C38H38N2O4S. The van der Waals surface area contributed by atoms with Crippen molar-refractivity contribution in [2.75, 3.05) is 26.3 Å². The maximum Gasteiger partial charge on any atom is 0.407 e. The smallest absolute Gasteiger partial charge is 0.407 e. The highest BCUT2D eigenvalue weighted by atomic mass is 32.1. The van der Waals surface area contributed by atoms with E-state index >= 15 is 0 Å². The van der Waals surface area contributed by atoms with E-state index in [0.717, 1.165) is 35.6 Å². The molecule has 0 spiro atoms. The number of nitrogens with zero attached hydrogens (tertiary/aromatic N) is 1. The molecule has 3 heterocycles. The van der Waals surface area contributed by atoms with Crippen molar-refractivity contribution in [1.29, 1.82) is 0 Å². The minimum atomic E-state index is -0.388. The Labute approximate surface area is 268 Å². The quantitative estimate of drug-likeness (QED) is 0.162. The van der Waals surface area contributed by atoms with Crippen LogP contribution < -0.4 is 14.8 Å². The zero-order chi connectivity index (χ0) is 30.6. The normalized spacial score (nSPS) is 16.6. The molecule has 1 atom stereocenters. The van der Waals surface area contributed by atoms with Crippen LogP contribution in [-0.4, -0.2) is 43.3 Å². The number of carbonyl (C=O) groups excluding carboxylic acids is 1. The van der Waals surface area contributed by atoms with Gasteiger partial charge in [-0.25, -0.2) is 4.79 Å². The summed E-state index contributed by atoms with van der Waals surface area (Å²) in [5, 5.41) is 4.02. The fraction of sp³-hybridized carbons (Fsp3) is 0.289. The lowest BCUT2D eigenvalue weighted by molar-refractivity contribution is 0.174. The first-order chi connectivity index (χ1) is 22.1. The SMILES string of the molecule is Cc1cc(Cc2c(-c3ccc(OCC4COC(=O)N4)cc3)sc3cc(OCc4ccccc4)ccc23)ccc1CN1CCCC1. The highest BCUT2D eigenvalue weighted by molar-refractivity contribution is 7.22. The van der Waals surface area contributed by atoms with E-state index in [9.17, 15) is 4.79 Å². The molecule has 0 aliphatic carbocycles. The summed E-state index contributed by atoms with van der Waals surface area (Å²) >= 11 is 1.81. The number of amides is 1. The predicted molar refractivity (Wildman–Crippen MR) is 180 cm³/mol. The van der Waals surface area contributed by atoms with Crippen molar-refractivity contribution >= 4 is 27.5 Å². The second-order valence-electron chi connectivity index (χ2n) is 12.0. The Bertz CT molecular complexity index is 1780. The molecule has 5 aromatic rings. The molecule has 1 amide bonds. The fourth-order valence-electron chi connectivity index (χ4n) is 6.22. The maximum atomic E-state index is 11.3. The first kappa shape index (κ1) is 29.4. The first-order valence-corrected chi connectivity index (χ1v) is 16.6. The molecule has 2 saturated heterocycles. The predicted octanol–water partition coefficient (Wildman–Crippen LogP) is 8.13. The Balaban J connectivity index is 1.15. The van der Waals surface area contributed by atoms with Crippen molar-refractivity contribution < 1.29 is 19.0 Å². The minimum absolute atomic E-state index is 0.130. The van der Waals surface area contributed by atoms with Gasteiger partial charge in [0.1, 0.15) is 37.4 Å². The number of ether oxygens (including phenoxy) is 3. The van der Waals surface area contributed by atoms with Gasteiger partial charge < -0.3 is 19.5 Å². The second-order valence-corrected chi connectivity index (χ2v) is 13.1. The fourth-order valence-corrected chi connectivity index (χ4v) is 7.47. The van der Waals surface area contributed by atoms with Gasteiger partial charge in [-0.2, -0.15) is 0 Å². The van der Waals surface area contributed by atoms with E-state index in [1.807, 2.05) is 41.7 Å². The van der Waals surface area contributed by atoms with Gasteiger partial charge in [0.05, 0.1) is 0 Å². The number of cyclic esters (lactones) is 1. The molecule has 1 unspecified atom stereocenters. The van der Waals surface area contributed by atoms with Crippen LogP contribution >= 0.6 is 11.3 Å². The van der Waals surface area contributed by atoms with Crippen molar-refractivity contribution in [2.24, 2.45) is 0 Å². The topological polar surface area (TPSA) is 60.0 Å². The molecule has 4 aromatic carbocycles. The van der Waals surface area contributed by atoms with Crippen molar-refractivity contribution in [2.45, 2.75) is 45.4 Å². The van der Waals surface area contributed by atoms with Gasteiger partial charge >= 0.3 is 6.09 Å². The second kappa shape index (κ2) is 13.3. The minimum Gasteiger partial charge on any atom is -0.491 e. The van der Waals surface area contributed by atoms with Gasteiger partial charge in [0.2, 0.25) is 0 Å². The standard InChI is InChI=1S/C38H38N2O4S/c1-26-19-28(9-10-30(26)22-40-17-5-6-18-40)20-35-34-16-15-33(42-23-27-7-3-2-4-8-27)21-36(34)45-37(35)29-11-13-32(14-12-29)43-24-31-25-44-38(41)39-31/h2-4,7-16,19,21,31H,5-6,17-18,20,22-25H2,1H3,(H,39,41). The van der Waals surface area contributed by atoms with Gasteiger partial charge in [-0.05, 0) is 121 Å².